The lowest BCUT2D eigenvalue weighted by Gasteiger charge is -2.17. The van der Waals surface area contributed by atoms with E-state index in [9.17, 15) is 17.6 Å². The molecule has 0 bridgehead atoms. The summed E-state index contributed by atoms with van der Waals surface area (Å²) in [7, 11) is -0.973. The second-order valence-electron chi connectivity index (χ2n) is 5.63. The first-order valence-electron chi connectivity index (χ1n) is 7.95. The molecule has 140 valence electrons. The first-order chi connectivity index (χ1) is 12.3. The monoisotopic (exact) mass is 380 g/mol. The minimum absolute atomic E-state index is 0.0665. The van der Waals surface area contributed by atoms with Crippen molar-refractivity contribution in [3.8, 4) is 5.75 Å². The van der Waals surface area contributed by atoms with Gasteiger partial charge in [0.05, 0.1) is 18.6 Å². The Bertz CT molecular complexity index is 854. The molecule has 0 aliphatic rings. The van der Waals surface area contributed by atoms with Crippen LogP contribution in [0.15, 0.2) is 53.4 Å². The van der Waals surface area contributed by atoms with Crippen molar-refractivity contribution in [1.82, 2.24) is 9.62 Å². The van der Waals surface area contributed by atoms with Gasteiger partial charge < -0.3 is 10.1 Å². The lowest BCUT2D eigenvalue weighted by molar-refractivity contribution is -0.121. The maximum absolute atomic E-state index is 12.9. The van der Waals surface area contributed by atoms with Gasteiger partial charge in [-0.2, -0.15) is 4.31 Å². The largest absolute Gasteiger partial charge is 0.496 e. The van der Waals surface area contributed by atoms with Gasteiger partial charge in [0.15, 0.2) is 0 Å². The number of ether oxygens (including phenoxy) is 1. The molecule has 6 nitrogen and oxygen atoms in total. The molecule has 0 saturated carbocycles. The van der Waals surface area contributed by atoms with E-state index >= 15 is 0 Å². The fraction of sp³-hybridized carbons (Fsp3) is 0.278. The SMILES string of the molecule is COc1ccccc1CCNC(=O)CN(C)S(=O)(=O)c1ccc(F)cc1. The molecule has 0 spiro atoms. The number of hydrogen-bond donors (Lipinski definition) is 1. The third kappa shape index (κ3) is 5.03. The van der Waals surface area contributed by atoms with Gasteiger partial charge in [-0.15, -0.1) is 0 Å². The highest BCUT2D eigenvalue weighted by molar-refractivity contribution is 7.89. The van der Waals surface area contributed by atoms with Crippen LogP contribution < -0.4 is 10.1 Å². The predicted molar refractivity (Wildman–Crippen MR) is 95.9 cm³/mol. The van der Waals surface area contributed by atoms with Gasteiger partial charge in [-0.1, -0.05) is 18.2 Å². The van der Waals surface area contributed by atoms with Crippen LogP contribution in [0.3, 0.4) is 0 Å². The standard InChI is InChI=1S/C18H21FN2O4S/c1-21(26(23,24)16-9-7-15(19)8-10-16)13-18(22)20-12-11-14-5-3-4-6-17(14)25-2/h3-10H,11-13H2,1-2H3,(H,20,22). The molecule has 2 rings (SSSR count). The zero-order chi connectivity index (χ0) is 19.2. The lowest BCUT2D eigenvalue weighted by Crippen LogP contribution is -2.39. The Morgan fingerprint density at radius 1 is 1.15 bits per heavy atom. The summed E-state index contributed by atoms with van der Waals surface area (Å²) in [5, 5.41) is 2.69. The van der Waals surface area contributed by atoms with Crippen molar-refractivity contribution >= 4 is 15.9 Å². The zero-order valence-corrected chi connectivity index (χ0v) is 15.4. The molecule has 0 saturated heterocycles. The number of benzene rings is 2. The summed E-state index contributed by atoms with van der Waals surface area (Å²) in [5.74, 6) is -0.216. The van der Waals surface area contributed by atoms with E-state index in [1.807, 2.05) is 24.3 Å². The number of halogens is 1. The summed E-state index contributed by atoms with van der Waals surface area (Å²) >= 11 is 0. The number of nitrogens with zero attached hydrogens (tertiary/aromatic N) is 1. The summed E-state index contributed by atoms with van der Waals surface area (Å²) in [6.45, 7) is 0.0231. The number of carbonyl (C=O) groups is 1. The van der Waals surface area contributed by atoms with E-state index in [-0.39, 0.29) is 11.4 Å². The molecule has 0 aliphatic carbocycles. The van der Waals surface area contributed by atoms with Crippen LogP contribution in [0.1, 0.15) is 5.56 Å². The molecule has 0 fully saturated rings. The van der Waals surface area contributed by atoms with E-state index in [1.165, 1.54) is 19.2 Å². The fourth-order valence-electron chi connectivity index (χ4n) is 2.38. The fourth-order valence-corrected chi connectivity index (χ4v) is 3.50. The van der Waals surface area contributed by atoms with Crippen LogP contribution in [0.2, 0.25) is 0 Å². The van der Waals surface area contributed by atoms with Crippen LogP contribution >= 0.6 is 0 Å². The van der Waals surface area contributed by atoms with Crippen LogP contribution in [0.4, 0.5) is 4.39 Å². The number of methoxy groups -OCH3 is 1. The van der Waals surface area contributed by atoms with Crippen molar-refractivity contribution in [3.63, 3.8) is 0 Å². The van der Waals surface area contributed by atoms with Gasteiger partial charge in [0.2, 0.25) is 15.9 Å². The third-order valence-electron chi connectivity index (χ3n) is 3.80. The summed E-state index contributed by atoms with van der Waals surface area (Å²) in [4.78, 5) is 12.0. The molecular formula is C18H21FN2O4S. The Kier molecular flexibility index (Phi) is 6.70. The second kappa shape index (κ2) is 8.77. The van der Waals surface area contributed by atoms with Crippen LogP contribution in [0.5, 0.6) is 5.75 Å². The molecule has 0 heterocycles. The highest BCUT2D eigenvalue weighted by Gasteiger charge is 2.22. The average Bonchev–Trinajstić information content (AvgIpc) is 2.62. The molecule has 1 amide bonds. The number of amides is 1. The zero-order valence-electron chi connectivity index (χ0n) is 14.6. The maximum atomic E-state index is 12.9. The minimum Gasteiger partial charge on any atom is -0.496 e. The van der Waals surface area contributed by atoms with Crippen LogP contribution in [-0.2, 0) is 21.2 Å². The van der Waals surface area contributed by atoms with Gasteiger partial charge in [0, 0.05) is 13.6 Å². The van der Waals surface area contributed by atoms with Gasteiger partial charge >= 0.3 is 0 Å². The molecule has 0 aliphatic heterocycles. The van der Waals surface area contributed by atoms with Crippen molar-refractivity contribution in [2.24, 2.45) is 0 Å². The van der Waals surface area contributed by atoms with Crippen LogP contribution in [-0.4, -0.2) is 45.9 Å². The second-order valence-corrected chi connectivity index (χ2v) is 7.67. The molecule has 26 heavy (non-hydrogen) atoms. The molecule has 0 atom stereocenters. The van der Waals surface area contributed by atoms with Gasteiger partial charge in [-0.05, 0) is 42.3 Å². The van der Waals surface area contributed by atoms with Crippen molar-refractivity contribution < 1.29 is 22.3 Å². The van der Waals surface area contributed by atoms with E-state index < -0.39 is 21.7 Å². The van der Waals surface area contributed by atoms with Crippen molar-refractivity contribution in [3.05, 3.63) is 59.9 Å². The molecule has 0 unspecified atom stereocenters. The molecule has 2 aromatic carbocycles. The van der Waals surface area contributed by atoms with Crippen molar-refractivity contribution in [2.45, 2.75) is 11.3 Å². The Morgan fingerprint density at radius 3 is 2.46 bits per heavy atom. The normalized spacial score (nSPS) is 11.4. The first-order valence-corrected chi connectivity index (χ1v) is 9.39. The summed E-state index contributed by atoms with van der Waals surface area (Å²) in [6, 6.07) is 11.9. The number of para-hydroxylation sites is 1. The van der Waals surface area contributed by atoms with Crippen LogP contribution in [0, 0.1) is 5.82 Å². The van der Waals surface area contributed by atoms with E-state index in [0.29, 0.717) is 13.0 Å². The molecular weight excluding hydrogens is 359 g/mol. The number of rotatable bonds is 8. The quantitative estimate of drug-likeness (QED) is 0.758. The molecule has 8 heteroatoms. The summed E-state index contributed by atoms with van der Waals surface area (Å²) in [6.07, 6.45) is 0.560. The predicted octanol–water partition coefficient (Wildman–Crippen LogP) is 1.81. The van der Waals surface area contributed by atoms with Gasteiger partial charge in [-0.25, -0.2) is 12.8 Å². The van der Waals surface area contributed by atoms with E-state index in [0.717, 1.165) is 27.8 Å². The number of hydrogen-bond acceptors (Lipinski definition) is 4. The van der Waals surface area contributed by atoms with Crippen LogP contribution in [0.25, 0.3) is 0 Å². The molecule has 0 aromatic heterocycles. The molecule has 0 radical (unpaired) electrons. The average molecular weight is 380 g/mol. The number of sulfonamides is 1. The third-order valence-corrected chi connectivity index (χ3v) is 5.61. The van der Waals surface area contributed by atoms with Gasteiger partial charge in [-0.3, -0.25) is 4.79 Å². The summed E-state index contributed by atoms with van der Waals surface area (Å²) < 4.78 is 43.8. The number of carbonyl (C=O) groups excluding carboxylic acids is 1. The number of nitrogens with one attached hydrogen (secondary N) is 1. The highest BCUT2D eigenvalue weighted by Crippen LogP contribution is 2.17. The summed E-state index contributed by atoms with van der Waals surface area (Å²) in [5.41, 5.74) is 0.947. The number of likely N-dealkylation sites (N-methyl/N-ethyl adjacent to an activating group) is 1. The van der Waals surface area contributed by atoms with E-state index in [4.69, 9.17) is 4.74 Å². The van der Waals surface area contributed by atoms with Crippen molar-refractivity contribution in [2.75, 3.05) is 27.2 Å². The Labute approximate surface area is 152 Å². The van der Waals surface area contributed by atoms with E-state index in [2.05, 4.69) is 5.32 Å². The Balaban J connectivity index is 1.89. The Hall–Kier alpha value is -2.45. The van der Waals surface area contributed by atoms with Gasteiger partial charge in [0.25, 0.3) is 0 Å². The highest BCUT2D eigenvalue weighted by atomic mass is 32.2. The lowest BCUT2D eigenvalue weighted by atomic mass is 10.1. The van der Waals surface area contributed by atoms with Crippen molar-refractivity contribution in [1.29, 1.82) is 0 Å². The minimum atomic E-state index is -3.85. The Morgan fingerprint density at radius 2 is 1.81 bits per heavy atom. The molecule has 2 aromatic rings. The topological polar surface area (TPSA) is 75.7 Å². The van der Waals surface area contributed by atoms with E-state index in [1.54, 1.807) is 7.11 Å². The smallest absolute Gasteiger partial charge is 0.243 e. The first kappa shape index (κ1) is 19.9. The maximum Gasteiger partial charge on any atom is 0.243 e. The van der Waals surface area contributed by atoms with Gasteiger partial charge in [0.1, 0.15) is 11.6 Å². The molecule has 1 N–H and O–H groups in total.